The van der Waals surface area contributed by atoms with Gasteiger partial charge in [0.1, 0.15) is 0 Å². The lowest BCUT2D eigenvalue weighted by molar-refractivity contribution is 0.377. The zero-order valence-corrected chi connectivity index (χ0v) is 11.0. The molecule has 2 heterocycles. The van der Waals surface area contributed by atoms with Gasteiger partial charge >= 0.3 is 0 Å². The summed E-state index contributed by atoms with van der Waals surface area (Å²) in [7, 11) is 0. The van der Waals surface area contributed by atoms with E-state index >= 15 is 0 Å². The maximum Gasteiger partial charge on any atom is 0.228 e. The Labute approximate surface area is 115 Å². The van der Waals surface area contributed by atoms with E-state index in [-0.39, 0.29) is 0 Å². The van der Waals surface area contributed by atoms with Crippen LogP contribution in [-0.2, 0) is 6.42 Å². The molecule has 0 bridgehead atoms. The topological polar surface area (TPSA) is 103 Å². The fraction of sp³-hybridized carbons (Fsp3) is 0.231. The van der Waals surface area contributed by atoms with Crippen molar-refractivity contribution >= 4 is 22.7 Å². The second-order valence-electron chi connectivity index (χ2n) is 4.36. The van der Waals surface area contributed by atoms with Crippen molar-refractivity contribution in [3.63, 3.8) is 0 Å². The first-order chi connectivity index (χ1) is 9.72. The minimum Gasteiger partial charge on any atom is -0.381 e. The molecule has 3 aromatic rings. The van der Waals surface area contributed by atoms with Gasteiger partial charge in [-0.2, -0.15) is 4.98 Å². The summed E-state index contributed by atoms with van der Waals surface area (Å²) in [4.78, 5) is 12.9. The van der Waals surface area contributed by atoms with Gasteiger partial charge < -0.3 is 15.6 Å². The van der Waals surface area contributed by atoms with Crippen molar-refractivity contribution in [1.29, 1.82) is 0 Å². The molecule has 0 atom stereocenters. The first-order valence-electron chi connectivity index (χ1n) is 6.28. The van der Waals surface area contributed by atoms with E-state index in [1.165, 1.54) is 0 Å². The third-order valence-electron chi connectivity index (χ3n) is 2.80. The summed E-state index contributed by atoms with van der Waals surface area (Å²) in [6, 6.07) is 7.59. The maximum absolute atomic E-state index is 5.88. The lowest BCUT2D eigenvalue weighted by atomic mass is 10.3. The van der Waals surface area contributed by atoms with Crippen LogP contribution in [-0.4, -0.2) is 26.7 Å². The highest BCUT2D eigenvalue weighted by molar-refractivity contribution is 5.79. The number of hydrogen-bond donors (Lipinski definition) is 2. The van der Waals surface area contributed by atoms with Crippen LogP contribution in [0.2, 0.25) is 0 Å². The van der Waals surface area contributed by atoms with Gasteiger partial charge in [-0.15, -0.1) is 0 Å². The number of nitrogen functional groups attached to an aromatic ring is 1. The molecule has 0 fully saturated rings. The lowest BCUT2D eigenvalue weighted by Gasteiger charge is -2.07. The predicted molar refractivity (Wildman–Crippen MR) is 75.2 cm³/mol. The maximum atomic E-state index is 5.88. The van der Waals surface area contributed by atoms with Crippen LogP contribution >= 0.6 is 0 Å². The van der Waals surface area contributed by atoms with Crippen LogP contribution in [0, 0.1) is 6.92 Å². The van der Waals surface area contributed by atoms with E-state index in [1.807, 2.05) is 24.3 Å². The van der Waals surface area contributed by atoms with Crippen molar-refractivity contribution in [2.45, 2.75) is 13.3 Å². The number of hydrogen-bond acceptors (Lipinski definition) is 7. The fourth-order valence-electron chi connectivity index (χ4n) is 1.87. The highest BCUT2D eigenvalue weighted by Crippen LogP contribution is 2.18. The summed E-state index contributed by atoms with van der Waals surface area (Å²) in [6.45, 7) is 2.38. The molecule has 1 aromatic carbocycles. The van der Waals surface area contributed by atoms with E-state index in [4.69, 9.17) is 10.3 Å². The SMILES string of the molecule is Cc1noc(CCNc2nc3ccccc3nc2N)n1. The third-order valence-corrected chi connectivity index (χ3v) is 2.80. The number of benzene rings is 1. The minimum atomic E-state index is 0.380. The molecule has 7 heteroatoms. The number of nitrogens with one attached hydrogen (secondary N) is 1. The van der Waals surface area contributed by atoms with Crippen molar-refractivity contribution in [3.05, 3.63) is 36.0 Å². The average molecular weight is 270 g/mol. The summed E-state index contributed by atoms with van der Waals surface area (Å²) >= 11 is 0. The van der Waals surface area contributed by atoms with Crippen molar-refractivity contribution < 1.29 is 4.52 Å². The number of nitrogens with zero attached hydrogens (tertiary/aromatic N) is 4. The molecule has 0 aliphatic rings. The molecular weight excluding hydrogens is 256 g/mol. The van der Waals surface area contributed by atoms with Crippen molar-refractivity contribution in [3.8, 4) is 0 Å². The number of para-hydroxylation sites is 2. The smallest absolute Gasteiger partial charge is 0.228 e. The number of fused-ring (bicyclic) bond motifs is 1. The number of aromatic nitrogens is 4. The van der Waals surface area contributed by atoms with Crippen LogP contribution < -0.4 is 11.1 Å². The van der Waals surface area contributed by atoms with E-state index in [2.05, 4.69) is 25.4 Å². The van der Waals surface area contributed by atoms with Gasteiger partial charge in [0.25, 0.3) is 0 Å². The Bertz CT molecular complexity index is 739. The van der Waals surface area contributed by atoms with Gasteiger partial charge in [-0.05, 0) is 19.1 Å². The molecule has 20 heavy (non-hydrogen) atoms. The van der Waals surface area contributed by atoms with E-state index in [0.717, 1.165) is 11.0 Å². The number of aryl methyl sites for hydroxylation is 1. The van der Waals surface area contributed by atoms with Gasteiger partial charge in [-0.3, -0.25) is 0 Å². The molecule has 7 nitrogen and oxygen atoms in total. The number of nitrogens with two attached hydrogens (primary N) is 1. The van der Waals surface area contributed by atoms with Gasteiger partial charge in [0.15, 0.2) is 17.5 Å². The standard InChI is InChI=1S/C13H14N6O/c1-8-16-11(20-19-8)6-7-15-13-12(14)17-9-4-2-3-5-10(9)18-13/h2-5H,6-7H2,1H3,(H2,14,17)(H,15,18). The molecule has 3 N–H and O–H groups in total. The molecule has 0 aliphatic carbocycles. The summed E-state index contributed by atoms with van der Waals surface area (Å²) in [5.41, 5.74) is 7.47. The Morgan fingerprint density at radius 2 is 1.90 bits per heavy atom. The lowest BCUT2D eigenvalue weighted by Crippen LogP contribution is -2.10. The summed E-state index contributed by atoms with van der Waals surface area (Å²) < 4.78 is 5.03. The van der Waals surface area contributed by atoms with Crippen LogP contribution in [0.4, 0.5) is 11.6 Å². The number of rotatable bonds is 4. The molecule has 3 rings (SSSR count). The van der Waals surface area contributed by atoms with Gasteiger partial charge in [-0.25, -0.2) is 9.97 Å². The van der Waals surface area contributed by atoms with Crippen LogP contribution in [0.25, 0.3) is 11.0 Å². The van der Waals surface area contributed by atoms with Crippen molar-refractivity contribution in [2.24, 2.45) is 0 Å². The normalized spacial score (nSPS) is 10.8. The minimum absolute atomic E-state index is 0.380. The van der Waals surface area contributed by atoms with Crippen molar-refractivity contribution in [1.82, 2.24) is 20.1 Å². The van der Waals surface area contributed by atoms with E-state index in [1.54, 1.807) is 6.92 Å². The fourth-order valence-corrected chi connectivity index (χ4v) is 1.87. The Hall–Kier alpha value is -2.70. The van der Waals surface area contributed by atoms with Gasteiger partial charge in [0.2, 0.25) is 5.89 Å². The Kier molecular flexibility index (Phi) is 3.16. The first kappa shape index (κ1) is 12.3. The monoisotopic (exact) mass is 270 g/mol. The number of anilines is 2. The summed E-state index contributed by atoms with van der Waals surface area (Å²) in [5.74, 6) is 2.16. The van der Waals surface area contributed by atoms with E-state index < -0.39 is 0 Å². The molecule has 0 amide bonds. The summed E-state index contributed by atoms with van der Waals surface area (Å²) in [5, 5.41) is 6.87. The van der Waals surface area contributed by atoms with Crippen LogP contribution in [0.1, 0.15) is 11.7 Å². The molecule has 2 aromatic heterocycles. The molecule has 0 aliphatic heterocycles. The summed E-state index contributed by atoms with van der Waals surface area (Å²) in [6.07, 6.45) is 0.606. The average Bonchev–Trinajstić information content (AvgIpc) is 2.85. The second kappa shape index (κ2) is 5.12. The molecule has 0 saturated carbocycles. The van der Waals surface area contributed by atoms with Gasteiger partial charge in [0.05, 0.1) is 11.0 Å². The highest BCUT2D eigenvalue weighted by Gasteiger charge is 2.06. The van der Waals surface area contributed by atoms with Crippen LogP contribution in [0.3, 0.4) is 0 Å². The second-order valence-corrected chi connectivity index (χ2v) is 4.36. The Morgan fingerprint density at radius 3 is 2.60 bits per heavy atom. The van der Waals surface area contributed by atoms with E-state index in [9.17, 15) is 0 Å². The Balaban J connectivity index is 1.72. The van der Waals surface area contributed by atoms with Crippen molar-refractivity contribution in [2.75, 3.05) is 17.6 Å². The van der Waals surface area contributed by atoms with Gasteiger partial charge in [0, 0.05) is 13.0 Å². The Morgan fingerprint density at radius 1 is 1.15 bits per heavy atom. The highest BCUT2D eigenvalue weighted by atomic mass is 16.5. The quantitative estimate of drug-likeness (QED) is 0.741. The van der Waals surface area contributed by atoms with Gasteiger partial charge in [-0.1, -0.05) is 17.3 Å². The molecule has 0 unspecified atom stereocenters. The molecule has 0 saturated heterocycles. The van der Waals surface area contributed by atoms with Crippen LogP contribution in [0.5, 0.6) is 0 Å². The molecule has 0 radical (unpaired) electrons. The van der Waals surface area contributed by atoms with E-state index in [0.29, 0.717) is 36.3 Å². The largest absolute Gasteiger partial charge is 0.381 e. The van der Waals surface area contributed by atoms with Crippen LogP contribution in [0.15, 0.2) is 28.8 Å². The molecular formula is C13H14N6O. The third kappa shape index (κ3) is 2.51. The molecule has 102 valence electrons. The zero-order chi connectivity index (χ0) is 13.9. The zero-order valence-electron chi connectivity index (χ0n) is 11.0. The predicted octanol–water partition coefficient (Wildman–Crippen LogP) is 1.56. The first-order valence-corrected chi connectivity index (χ1v) is 6.28. The molecule has 0 spiro atoms.